The Labute approximate surface area is 121 Å². The molecule has 0 spiro atoms. The molecule has 1 aromatic carbocycles. The van der Waals surface area contributed by atoms with E-state index in [1.54, 1.807) is 0 Å². The first-order chi connectivity index (χ1) is 9.97. The van der Waals surface area contributed by atoms with Gasteiger partial charge in [0.1, 0.15) is 17.6 Å². The van der Waals surface area contributed by atoms with E-state index in [4.69, 9.17) is 14.6 Å². The van der Waals surface area contributed by atoms with Crippen LogP contribution in [-0.2, 0) is 9.53 Å². The molecule has 1 rings (SSSR count). The number of amides is 2. The van der Waals surface area contributed by atoms with Crippen molar-refractivity contribution in [1.29, 1.82) is 0 Å². The van der Waals surface area contributed by atoms with E-state index in [-0.39, 0.29) is 24.5 Å². The number of carbonyl (C=O) groups is 2. The molecule has 0 heterocycles. The highest BCUT2D eigenvalue weighted by Crippen LogP contribution is 2.24. The molecule has 1 aromatic rings. The molecule has 8 heteroatoms. The lowest BCUT2D eigenvalue weighted by Gasteiger charge is -2.16. The van der Waals surface area contributed by atoms with Gasteiger partial charge in [-0.25, -0.2) is 14.0 Å². The molecule has 0 aliphatic carbocycles. The predicted molar refractivity (Wildman–Crippen MR) is 73.0 cm³/mol. The van der Waals surface area contributed by atoms with Crippen molar-refractivity contribution in [3.05, 3.63) is 24.0 Å². The van der Waals surface area contributed by atoms with Gasteiger partial charge in [-0.2, -0.15) is 0 Å². The number of ether oxygens (including phenoxy) is 2. The highest BCUT2D eigenvalue weighted by atomic mass is 19.1. The Morgan fingerprint density at radius 2 is 2.10 bits per heavy atom. The van der Waals surface area contributed by atoms with E-state index >= 15 is 0 Å². The number of urea groups is 1. The molecule has 21 heavy (non-hydrogen) atoms. The largest absolute Gasteiger partial charge is 0.494 e. The molecule has 0 aromatic heterocycles. The maximum atomic E-state index is 13.0. The molecule has 2 amide bonds. The second kappa shape index (κ2) is 8.05. The van der Waals surface area contributed by atoms with Crippen molar-refractivity contribution in [2.45, 2.75) is 12.5 Å². The summed E-state index contributed by atoms with van der Waals surface area (Å²) in [5.41, 5.74) is 0.229. The molecule has 1 unspecified atom stereocenters. The minimum Gasteiger partial charge on any atom is -0.494 e. The van der Waals surface area contributed by atoms with Crippen LogP contribution < -0.4 is 15.4 Å². The number of carbonyl (C=O) groups excluding carboxylic acids is 1. The van der Waals surface area contributed by atoms with Gasteiger partial charge >= 0.3 is 12.0 Å². The Hall–Kier alpha value is -2.35. The van der Waals surface area contributed by atoms with Crippen LogP contribution in [-0.4, -0.2) is 44.0 Å². The summed E-state index contributed by atoms with van der Waals surface area (Å²) >= 11 is 0. The lowest BCUT2D eigenvalue weighted by molar-refractivity contribution is -0.139. The van der Waals surface area contributed by atoms with E-state index < -0.39 is 23.9 Å². The van der Waals surface area contributed by atoms with Gasteiger partial charge in [-0.3, -0.25) is 0 Å². The lowest BCUT2D eigenvalue weighted by atomic mass is 10.2. The summed E-state index contributed by atoms with van der Waals surface area (Å²) in [6.07, 6.45) is 0.125. The summed E-state index contributed by atoms with van der Waals surface area (Å²) in [5, 5.41) is 13.7. The topological polar surface area (TPSA) is 96.9 Å². The van der Waals surface area contributed by atoms with Crippen LogP contribution in [0.1, 0.15) is 6.42 Å². The van der Waals surface area contributed by atoms with Crippen LogP contribution in [0.3, 0.4) is 0 Å². The van der Waals surface area contributed by atoms with Crippen LogP contribution in [0.4, 0.5) is 14.9 Å². The molecule has 1 atom stereocenters. The number of anilines is 1. The number of hydrogen-bond donors (Lipinski definition) is 3. The minimum atomic E-state index is -1.17. The van der Waals surface area contributed by atoms with Gasteiger partial charge < -0.3 is 25.2 Å². The smallest absolute Gasteiger partial charge is 0.326 e. The summed E-state index contributed by atoms with van der Waals surface area (Å²) in [5.74, 6) is -1.55. The first kappa shape index (κ1) is 16.7. The molecule has 0 bridgehead atoms. The average Bonchev–Trinajstić information content (AvgIpc) is 2.44. The lowest BCUT2D eigenvalue weighted by Crippen LogP contribution is -2.43. The zero-order valence-corrected chi connectivity index (χ0v) is 11.7. The summed E-state index contributed by atoms with van der Waals surface area (Å²) < 4.78 is 22.7. The van der Waals surface area contributed by atoms with Gasteiger partial charge in [-0.05, 0) is 12.1 Å². The molecule has 116 valence electrons. The minimum absolute atomic E-state index is 0.125. The first-order valence-electron chi connectivity index (χ1n) is 6.10. The molecule has 0 saturated heterocycles. The Bertz CT molecular complexity index is 509. The van der Waals surface area contributed by atoms with Gasteiger partial charge in [-0.1, -0.05) is 0 Å². The van der Waals surface area contributed by atoms with E-state index in [0.717, 1.165) is 12.1 Å². The van der Waals surface area contributed by atoms with E-state index in [1.807, 2.05) is 0 Å². The van der Waals surface area contributed by atoms with E-state index in [0.29, 0.717) is 0 Å². The van der Waals surface area contributed by atoms with Gasteiger partial charge in [0.05, 0.1) is 12.8 Å². The second-order valence-corrected chi connectivity index (χ2v) is 4.12. The summed E-state index contributed by atoms with van der Waals surface area (Å²) in [4.78, 5) is 22.8. The number of methoxy groups -OCH3 is 2. The molecular formula is C13H17FN2O5. The highest BCUT2D eigenvalue weighted by molar-refractivity contribution is 5.93. The van der Waals surface area contributed by atoms with Crippen molar-refractivity contribution in [2.24, 2.45) is 0 Å². The van der Waals surface area contributed by atoms with Crippen molar-refractivity contribution in [3.63, 3.8) is 0 Å². The molecule has 0 aliphatic heterocycles. The second-order valence-electron chi connectivity index (χ2n) is 4.12. The maximum absolute atomic E-state index is 13.0. The monoisotopic (exact) mass is 300 g/mol. The van der Waals surface area contributed by atoms with Gasteiger partial charge in [0.2, 0.25) is 0 Å². The standard InChI is InChI=1S/C13H17FN2O5/c1-20-6-5-10(12(17)18)16-13(19)15-9-4-3-8(14)7-11(9)21-2/h3-4,7,10H,5-6H2,1-2H3,(H,17,18)(H2,15,16,19). The fourth-order valence-corrected chi connectivity index (χ4v) is 1.58. The molecule has 3 N–H and O–H groups in total. The first-order valence-corrected chi connectivity index (χ1v) is 6.10. The average molecular weight is 300 g/mol. The number of carboxylic acids is 1. The third-order valence-electron chi connectivity index (χ3n) is 2.63. The van der Waals surface area contributed by atoms with Gasteiger partial charge in [0.25, 0.3) is 0 Å². The number of carboxylic acid groups (broad SMARTS) is 1. The number of rotatable bonds is 7. The normalized spacial score (nSPS) is 11.6. The fraction of sp³-hybridized carbons (Fsp3) is 0.385. The van der Waals surface area contributed by atoms with Crippen molar-refractivity contribution in [2.75, 3.05) is 26.1 Å². The highest BCUT2D eigenvalue weighted by Gasteiger charge is 2.20. The summed E-state index contributed by atoms with van der Waals surface area (Å²) in [7, 11) is 2.76. The van der Waals surface area contributed by atoms with E-state index in [2.05, 4.69) is 10.6 Å². The van der Waals surface area contributed by atoms with Crippen LogP contribution >= 0.6 is 0 Å². The van der Waals surface area contributed by atoms with Crippen LogP contribution in [0.5, 0.6) is 5.75 Å². The van der Waals surface area contributed by atoms with Gasteiger partial charge in [-0.15, -0.1) is 0 Å². The maximum Gasteiger partial charge on any atom is 0.326 e. The van der Waals surface area contributed by atoms with Crippen molar-refractivity contribution < 1.29 is 28.6 Å². The Kier molecular flexibility index (Phi) is 6.41. The number of halogens is 1. The van der Waals surface area contributed by atoms with Crippen molar-refractivity contribution in [3.8, 4) is 5.75 Å². The van der Waals surface area contributed by atoms with Crippen molar-refractivity contribution in [1.82, 2.24) is 5.32 Å². The molecule has 0 fully saturated rings. The van der Waals surface area contributed by atoms with Crippen LogP contribution in [0, 0.1) is 5.82 Å². The van der Waals surface area contributed by atoms with Gasteiger partial charge in [0, 0.05) is 26.2 Å². The van der Waals surface area contributed by atoms with E-state index in [9.17, 15) is 14.0 Å². The Balaban J connectivity index is 2.69. The number of hydrogen-bond acceptors (Lipinski definition) is 4. The quantitative estimate of drug-likeness (QED) is 0.708. The Morgan fingerprint density at radius 3 is 2.67 bits per heavy atom. The third-order valence-corrected chi connectivity index (χ3v) is 2.63. The van der Waals surface area contributed by atoms with Crippen LogP contribution in [0.15, 0.2) is 18.2 Å². The molecule has 0 aliphatic rings. The van der Waals surface area contributed by atoms with Crippen LogP contribution in [0.2, 0.25) is 0 Å². The number of benzene rings is 1. The SMILES string of the molecule is COCCC(NC(=O)Nc1ccc(F)cc1OC)C(=O)O. The summed E-state index contributed by atoms with van der Waals surface area (Å²) in [6.45, 7) is 0.192. The van der Waals surface area contributed by atoms with E-state index in [1.165, 1.54) is 20.3 Å². The van der Waals surface area contributed by atoms with Crippen molar-refractivity contribution >= 4 is 17.7 Å². The zero-order chi connectivity index (χ0) is 15.8. The number of nitrogens with one attached hydrogen (secondary N) is 2. The Morgan fingerprint density at radius 1 is 1.38 bits per heavy atom. The third kappa shape index (κ3) is 5.27. The zero-order valence-electron chi connectivity index (χ0n) is 11.7. The molecule has 0 radical (unpaired) electrons. The van der Waals surface area contributed by atoms with Crippen LogP contribution in [0.25, 0.3) is 0 Å². The number of aliphatic carboxylic acids is 1. The molecular weight excluding hydrogens is 283 g/mol. The molecule has 7 nitrogen and oxygen atoms in total. The summed E-state index contributed by atoms with van der Waals surface area (Å²) in [6, 6.07) is 1.76. The molecule has 0 saturated carbocycles. The van der Waals surface area contributed by atoms with Gasteiger partial charge in [0.15, 0.2) is 0 Å². The predicted octanol–water partition coefficient (Wildman–Crippen LogP) is 1.45. The fourth-order valence-electron chi connectivity index (χ4n) is 1.58.